The van der Waals surface area contributed by atoms with Gasteiger partial charge < -0.3 is 35.8 Å². The normalized spacial score (nSPS) is 12.3. The Hall–Kier alpha value is -2.72. The van der Waals surface area contributed by atoms with E-state index >= 15 is 0 Å². The van der Waals surface area contributed by atoms with Crippen LogP contribution in [0.3, 0.4) is 0 Å². The van der Waals surface area contributed by atoms with Crippen LogP contribution in [0.2, 0.25) is 0 Å². The molecule has 0 aliphatic carbocycles. The van der Waals surface area contributed by atoms with E-state index in [1.165, 1.54) is 0 Å². The summed E-state index contributed by atoms with van der Waals surface area (Å²) < 4.78 is 10.3. The first-order valence-corrected chi connectivity index (χ1v) is 9.38. The van der Waals surface area contributed by atoms with E-state index in [2.05, 4.69) is 16.0 Å². The van der Waals surface area contributed by atoms with Crippen molar-refractivity contribution in [3.8, 4) is 0 Å². The zero-order chi connectivity index (χ0) is 22.7. The van der Waals surface area contributed by atoms with Crippen LogP contribution >= 0.6 is 0 Å². The molecule has 0 spiro atoms. The SMILES string of the molecule is CC(C)(C)OC(=O)NCCC[C@@H](CNC(=O)CNC(=O)O)NC(=O)OC(C)(C)C. The smallest absolute Gasteiger partial charge is 0.407 e. The van der Waals surface area contributed by atoms with Gasteiger partial charge in [-0.3, -0.25) is 4.79 Å². The number of alkyl carbamates (subject to hydrolysis) is 2. The fourth-order valence-corrected chi connectivity index (χ4v) is 2.01. The minimum Gasteiger partial charge on any atom is -0.465 e. The van der Waals surface area contributed by atoms with Gasteiger partial charge in [0, 0.05) is 19.1 Å². The molecule has 0 bridgehead atoms. The molecule has 0 aromatic rings. The molecule has 11 heteroatoms. The molecule has 0 saturated heterocycles. The molecule has 0 unspecified atom stereocenters. The van der Waals surface area contributed by atoms with Crippen LogP contribution in [0.5, 0.6) is 0 Å². The van der Waals surface area contributed by atoms with Crippen molar-refractivity contribution in [3.63, 3.8) is 0 Å². The second kappa shape index (κ2) is 12.0. The molecule has 0 aromatic carbocycles. The number of rotatable bonds is 9. The van der Waals surface area contributed by atoms with Crippen LogP contribution in [0.15, 0.2) is 0 Å². The maximum Gasteiger partial charge on any atom is 0.407 e. The highest BCUT2D eigenvalue weighted by molar-refractivity contribution is 5.81. The average Bonchev–Trinajstić information content (AvgIpc) is 2.50. The molecule has 0 fully saturated rings. The third-order valence-electron chi connectivity index (χ3n) is 3.06. The summed E-state index contributed by atoms with van der Waals surface area (Å²) in [5.41, 5.74) is -1.28. The zero-order valence-corrected chi connectivity index (χ0v) is 18.0. The summed E-state index contributed by atoms with van der Waals surface area (Å²) in [7, 11) is 0. The zero-order valence-electron chi connectivity index (χ0n) is 18.0. The lowest BCUT2D eigenvalue weighted by atomic mass is 10.1. The second-order valence-electron chi connectivity index (χ2n) is 8.38. The van der Waals surface area contributed by atoms with Gasteiger partial charge in [0.2, 0.25) is 5.91 Å². The number of carbonyl (C=O) groups excluding carboxylic acids is 3. The Morgan fingerprint density at radius 2 is 1.41 bits per heavy atom. The van der Waals surface area contributed by atoms with Gasteiger partial charge in [-0.15, -0.1) is 0 Å². The standard InChI is InChI=1S/C18H34N4O7/c1-17(2,3)28-15(26)19-9-7-8-12(22-16(27)29-18(4,5)6)10-20-13(23)11-21-14(24)25/h12,21H,7-11H2,1-6H3,(H,19,26)(H,20,23)(H,22,27)(H,24,25)/t12-/m0/s1. The summed E-state index contributed by atoms with van der Waals surface area (Å²) >= 11 is 0. The van der Waals surface area contributed by atoms with Gasteiger partial charge in [-0.1, -0.05) is 0 Å². The van der Waals surface area contributed by atoms with Crippen LogP contribution in [-0.4, -0.2) is 66.2 Å². The summed E-state index contributed by atoms with van der Waals surface area (Å²) in [6, 6.07) is -0.473. The third-order valence-corrected chi connectivity index (χ3v) is 3.06. The molecule has 4 amide bonds. The van der Waals surface area contributed by atoms with Gasteiger partial charge in [0.1, 0.15) is 11.2 Å². The molecule has 1 atom stereocenters. The molecule has 29 heavy (non-hydrogen) atoms. The average molecular weight is 418 g/mol. The van der Waals surface area contributed by atoms with E-state index in [4.69, 9.17) is 14.6 Å². The van der Waals surface area contributed by atoms with Crippen LogP contribution in [0.4, 0.5) is 14.4 Å². The van der Waals surface area contributed by atoms with E-state index in [0.29, 0.717) is 19.4 Å². The Labute approximate surface area is 171 Å². The quantitative estimate of drug-likeness (QED) is 0.356. The summed E-state index contributed by atoms with van der Waals surface area (Å²) in [5.74, 6) is -0.532. The molecule has 0 rings (SSSR count). The van der Waals surface area contributed by atoms with Crippen molar-refractivity contribution in [1.29, 1.82) is 0 Å². The van der Waals surface area contributed by atoms with E-state index in [9.17, 15) is 19.2 Å². The minimum absolute atomic E-state index is 0.0752. The predicted octanol–water partition coefficient (Wildman–Crippen LogP) is 1.57. The van der Waals surface area contributed by atoms with Gasteiger partial charge in [0.15, 0.2) is 0 Å². The first-order chi connectivity index (χ1) is 13.2. The van der Waals surface area contributed by atoms with Gasteiger partial charge in [0.05, 0.1) is 6.54 Å². The third kappa shape index (κ3) is 17.1. The lowest BCUT2D eigenvalue weighted by molar-refractivity contribution is -0.120. The molecule has 0 aromatic heterocycles. The number of amides is 4. The summed E-state index contributed by atoms with van der Waals surface area (Å²) in [4.78, 5) is 45.7. The molecule has 0 heterocycles. The minimum atomic E-state index is -1.31. The topological polar surface area (TPSA) is 155 Å². The highest BCUT2D eigenvalue weighted by Gasteiger charge is 2.20. The summed E-state index contributed by atoms with van der Waals surface area (Å²) in [6.07, 6.45) is -1.55. The Bertz CT molecular complexity index is 568. The second-order valence-corrected chi connectivity index (χ2v) is 8.38. The van der Waals surface area contributed by atoms with Gasteiger partial charge in [-0.2, -0.15) is 0 Å². The maximum atomic E-state index is 12.0. The van der Waals surface area contributed by atoms with Crippen molar-refractivity contribution in [3.05, 3.63) is 0 Å². The van der Waals surface area contributed by atoms with Crippen LogP contribution in [-0.2, 0) is 14.3 Å². The molecule has 0 aliphatic rings. The van der Waals surface area contributed by atoms with Crippen molar-refractivity contribution >= 4 is 24.2 Å². The van der Waals surface area contributed by atoms with Crippen LogP contribution in [0, 0.1) is 0 Å². The van der Waals surface area contributed by atoms with Crippen LogP contribution < -0.4 is 21.3 Å². The van der Waals surface area contributed by atoms with E-state index in [0.717, 1.165) is 0 Å². The Morgan fingerprint density at radius 3 is 1.93 bits per heavy atom. The highest BCUT2D eigenvalue weighted by atomic mass is 16.6. The van der Waals surface area contributed by atoms with Crippen molar-refractivity contribution in [1.82, 2.24) is 21.3 Å². The summed E-state index contributed by atoms with van der Waals surface area (Å²) in [5, 5.41) is 18.3. The Morgan fingerprint density at radius 1 is 0.862 bits per heavy atom. The van der Waals surface area contributed by atoms with E-state index in [1.54, 1.807) is 41.5 Å². The number of carbonyl (C=O) groups is 4. The number of ether oxygens (including phenoxy) is 2. The maximum absolute atomic E-state index is 12.0. The van der Waals surface area contributed by atoms with Crippen LogP contribution in [0.1, 0.15) is 54.4 Å². The van der Waals surface area contributed by atoms with Crippen molar-refractivity contribution < 1.29 is 33.8 Å². The molecule has 168 valence electrons. The van der Waals surface area contributed by atoms with Gasteiger partial charge >= 0.3 is 18.3 Å². The Balaban J connectivity index is 4.54. The number of nitrogens with one attached hydrogen (secondary N) is 4. The number of hydrogen-bond acceptors (Lipinski definition) is 6. The van der Waals surface area contributed by atoms with Gasteiger partial charge in [-0.05, 0) is 54.4 Å². The summed E-state index contributed by atoms with van der Waals surface area (Å²) in [6.45, 7) is 10.5. The van der Waals surface area contributed by atoms with E-state index in [-0.39, 0.29) is 6.54 Å². The lowest BCUT2D eigenvalue weighted by Crippen LogP contribution is -2.47. The van der Waals surface area contributed by atoms with E-state index < -0.39 is 48.0 Å². The molecule has 0 radical (unpaired) electrons. The van der Waals surface area contributed by atoms with E-state index in [1.807, 2.05) is 5.32 Å². The van der Waals surface area contributed by atoms with Crippen LogP contribution in [0.25, 0.3) is 0 Å². The largest absolute Gasteiger partial charge is 0.465 e. The Kier molecular flexibility index (Phi) is 10.9. The van der Waals surface area contributed by atoms with Gasteiger partial charge in [0.25, 0.3) is 0 Å². The number of carboxylic acid groups (broad SMARTS) is 1. The first kappa shape index (κ1) is 26.3. The number of hydrogen-bond donors (Lipinski definition) is 5. The van der Waals surface area contributed by atoms with Crippen molar-refractivity contribution in [2.24, 2.45) is 0 Å². The fourth-order valence-electron chi connectivity index (χ4n) is 2.01. The van der Waals surface area contributed by atoms with Crippen molar-refractivity contribution in [2.75, 3.05) is 19.6 Å². The molecular weight excluding hydrogens is 384 g/mol. The molecular formula is C18H34N4O7. The fraction of sp³-hybridized carbons (Fsp3) is 0.778. The highest BCUT2D eigenvalue weighted by Crippen LogP contribution is 2.08. The predicted molar refractivity (Wildman–Crippen MR) is 106 cm³/mol. The molecule has 5 N–H and O–H groups in total. The van der Waals surface area contributed by atoms with Crippen molar-refractivity contribution in [2.45, 2.75) is 71.6 Å². The molecule has 11 nitrogen and oxygen atoms in total. The molecule has 0 aliphatic heterocycles. The first-order valence-electron chi connectivity index (χ1n) is 9.38. The monoisotopic (exact) mass is 418 g/mol. The lowest BCUT2D eigenvalue weighted by Gasteiger charge is -2.24. The van der Waals surface area contributed by atoms with Gasteiger partial charge in [-0.25, -0.2) is 14.4 Å². The molecule has 0 saturated carbocycles.